The average molecular weight is 220 g/mol. The van der Waals surface area contributed by atoms with Gasteiger partial charge in [-0.3, -0.25) is 4.79 Å². The largest absolute Gasteiger partial charge is 0.493 e. The molecule has 1 atom stereocenters. The zero-order chi connectivity index (χ0) is 11.5. The molecule has 1 heterocycles. The summed E-state index contributed by atoms with van der Waals surface area (Å²) in [5.41, 5.74) is 1.77. The second-order valence-electron chi connectivity index (χ2n) is 4.04. The fourth-order valence-electron chi connectivity index (χ4n) is 1.93. The number of hydrogen-bond acceptors (Lipinski definition) is 3. The minimum Gasteiger partial charge on any atom is -0.493 e. The quantitative estimate of drug-likeness (QED) is 0.847. The van der Waals surface area contributed by atoms with Crippen LogP contribution in [0.4, 0.5) is 0 Å². The first-order chi connectivity index (χ1) is 7.72. The SMILES string of the molecule is CCC(=O)C(O)c1ccc2c(c1)CCCO2. The van der Waals surface area contributed by atoms with Gasteiger partial charge in [0.15, 0.2) is 5.78 Å². The van der Waals surface area contributed by atoms with Gasteiger partial charge < -0.3 is 9.84 Å². The molecule has 0 aromatic heterocycles. The molecule has 1 N–H and O–H groups in total. The van der Waals surface area contributed by atoms with Gasteiger partial charge in [0, 0.05) is 6.42 Å². The van der Waals surface area contributed by atoms with Gasteiger partial charge in [-0.1, -0.05) is 13.0 Å². The van der Waals surface area contributed by atoms with E-state index < -0.39 is 6.10 Å². The molecule has 0 aliphatic carbocycles. The van der Waals surface area contributed by atoms with Gasteiger partial charge in [0.05, 0.1) is 6.61 Å². The van der Waals surface area contributed by atoms with Gasteiger partial charge in [0.1, 0.15) is 11.9 Å². The summed E-state index contributed by atoms with van der Waals surface area (Å²) in [5, 5.41) is 9.80. The van der Waals surface area contributed by atoms with Crippen molar-refractivity contribution in [2.75, 3.05) is 6.61 Å². The van der Waals surface area contributed by atoms with Crippen molar-refractivity contribution in [3.63, 3.8) is 0 Å². The summed E-state index contributed by atoms with van der Waals surface area (Å²) in [6.07, 6.45) is 1.32. The summed E-state index contributed by atoms with van der Waals surface area (Å²) in [6, 6.07) is 5.49. The molecule has 0 fully saturated rings. The van der Waals surface area contributed by atoms with Crippen LogP contribution >= 0.6 is 0 Å². The van der Waals surface area contributed by atoms with E-state index in [4.69, 9.17) is 4.74 Å². The van der Waals surface area contributed by atoms with Gasteiger partial charge in [-0.05, 0) is 36.1 Å². The van der Waals surface area contributed by atoms with Crippen LogP contribution in [0.5, 0.6) is 5.75 Å². The number of carbonyl (C=O) groups is 1. The molecule has 0 amide bonds. The molecule has 1 aromatic rings. The summed E-state index contributed by atoms with van der Waals surface area (Å²) >= 11 is 0. The van der Waals surface area contributed by atoms with Crippen LogP contribution in [0.1, 0.15) is 37.0 Å². The summed E-state index contributed by atoms with van der Waals surface area (Å²) in [7, 11) is 0. The van der Waals surface area contributed by atoms with Crippen molar-refractivity contribution in [2.45, 2.75) is 32.3 Å². The number of aryl methyl sites for hydroxylation is 1. The summed E-state index contributed by atoms with van der Waals surface area (Å²) in [4.78, 5) is 11.4. The molecule has 0 saturated heterocycles. The Balaban J connectivity index is 2.26. The van der Waals surface area contributed by atoms with Crippen molar-refractivity contribution in [3.05, 3.63) is 29.3 Å². The average Bonchev–Trinajstić information content (AvgIpc) is 2.36. The number of carbonyl (C=O) groups excluding carboxylic acids is 1. The van der Waals surface area contributed by atoms with Crippen molar-refractivity contribution in [1.82, 2.24) is 0 Å². The van der Waals surface area contributed by atoms with Gasteiger partial charge in [-0.2, -0.15) is 0 Å². The molecule has 0 saturated carbocycles. The topological polar surface area (TPSA) is 46.5 Å². The van der Waals surface area contributed by atoms with E-state index in [0.29, 0.717) is 12.0 Å². The minimum atomic E-state index is -0.989. The van der Waals surface area contributed by atoms with Crippen molar-refractivity contribution in [3.8, 4) is 5.75 Å². The number of aliphatic hydroxyl groups excluding tert-OH is 1. The third-order valence-electron chi connectivity index (χ3n) is 2.90. The maximum absolute atomic E-state index is 11.4. The van der Waals surface area contributed by atoms with E-state index in [2.05, 4.69) is 0 Å². The highest BCUT2D eigenvalue weighted by Crippen LogP contribution is 2.28. The van der Waals surface area contributed by atoms with Crippen LogP contribution < -0.4 is 4.74 Å². The van der Waals surface area contributed by atoms with E-state index in [-0.39, 0.29) is 5.78 Å². The molecule has 3 nitrogen and oxygen atoms in total. The Morgan fingerprint density at radius 3 is 3.12 bits per heavy atom. The monoisotopic (exact) mass is 220 g/mol. The fraction of sp³-hybridized carbons (Fsp3) is 0.462. The van der Waals surface area contributed by atoms with Crippen molar-refractivity contribution < 1.29 is 14.6 Å². The molecule has 1 aliphatic heterocycles. The molecule has 1 unspecified atom stereocenters. The number of ketones is 1. The lowest BCUT2D eigenvalue weighted by atomic mass is 9.98. The lowest BCUT2D eigenvalue weighted by Gasteiger charge is -2.19. The molecule has 0 radical (unpaired) electrons. The maximum atomic E-state index is 11.4. The fourth-order valence-corrected chi connectivity index (χ4v) is 1.93. The summed E-state index contributed by atoms with van der Waals surface area (Å²) in [6.45, 7) is 2.51. The molecule has 0 bridgehead atoms. The molecular formula is C13H16O3. The summed E-state index contributed by atoms with van der Waals surface area (Å²) < 4.78 is 5.48. The standard InChI is InChI=1S/C13H16O3/c1-2-11(14)13(15)10-5-6-12-9(8-10)4-3-7-16-12/h5-6,8,13,15H,2-4,7H2,1H3. The van der Waals surface area contributed by atoms with Gasteiger partial charge in [0.2, 0.25) is 0 Å². The third-order valence-corrected chi connectivity index (χ3v) is 2.90. The Hall–Kier alpha value is -1.35. The number of fused-ring (bicyclic) bond motifs is 1. The molecule has 1 aliphatic rings. The van der Waals surface area contributed by atoms with Crippen LogP contribution in [0.25, 0.3) is 0 Å². The highest BCUT2D eigenvalue weighted by Gasteiger charge is 2.18. The normalized spacial score (nSPS) is 16.1. The third kappa shape index (κ3) is 2.09. The first-order valence-corrected chi connectivity index (χ1v) is 5.68. The van der Waals surface area contributed by atoms with E-state index in [1.807, 2.05) is 12.1 Å². The number of benzene rings is 1. The molecule has 0 spiro atoms. The Morgan fingerprint density at radius 1 is 1.56 bits per heavy atom. The van der Waals surface area contributed by atoms with Crippen LogP contribution in [0.2, 0.25) is 0 Å². The number of ether oxygens (including phenoxy) is 1. The predicted octanol–water partition coefficient (Wildman–Crippen LogP) is 2.02. The van der Waals surface area contributed by atoms with Crippen molar-refractivity contribution in [2.24, 2.45) is 0 Å². The molecule has 1 aromatic carbocycles. The molecule has 3 heteroatoms. The van der Waals surface area contributed by atoms with Crippen molar-refractivity contribution >= 4 is 5.78 Å². The van der Waals surface area contributed by atoms with Crippen LogP contribution in [0, 0.1) is 0 Å². The highest BCUT2D eigenvalue weighted by molar-refractivity contribution is 5.83. The number of Topliss-reactive ketones (excluding diaryl/α,β-unsaturated/α-hetero) is 1. The molecule has 16 heavy (non-hydrogen) atoms. The minimum absolute atomic E-state index is 0.142. The van der Waals surface area contributed by atoms with Crippen LogP contribution in [0.15, 0.2) is 18.2 Å². The zero-order valence-electron chi connectivity index (χ0n) is 9.40. The van der Waals surface area contributed by atoms with E-state index >= 15 is 0 Å². The van der Waals surface area contributed by atoms with Gasteiger partial charge in [-0.15, -0.1) is 0 Å². The summed E-state index contributed by atoms with van der Waals surface area (Å²) in [5.74, 6) is 0.739. The van der Waals surface area contributed by atoms with Crippen LogP contribution in [0.3, 0.4) is 0 Å². The Morgan fingerprint density at radius 2 is 2.38 bits per heavy atom. The van der Waals surface area contributed by atoms with E-state index in [1.54, 1.807) is 13.0 Å². The number of rotatable bonds is 3. The Labute approximate surface area is 95.0 Å². The Kier molecular flexibility index (Phi) is 3.25. The first kappa shape index (κ1) is 11.1. The van der Waals surface area contributed by atoms with Gasteiger partial charge in [0.25, 0.3) is 0 Å². The van der Waals surface area contributed by atoms with E-state index in [1.165, 1.54) is 0 Å². The maximum Gasteiger partial charge on any atom is 0.165 e. The number of aliphatic hydroxyl groups is 1. The Bertz CT molecular complexity index is 398. The lowest BCUT2D eigenvalue weighted by Crippen LogP contribution is -2.13. The number of hydrogen-bond donors (Lipinski definition) is 1. The first-order valence-electron chi connectivity index (χ1n) is 5.68. The second kappa shape index (κ2) is 4.66. The molecular weight excluding hydrogens is 204 g/mol. The van der Waals surface area contributed by atoms with Gasteiger partial charge >= 0.3 is 0 Å². The van der Waals surface area contributed by atoms with Gasteiger partial charge in [-0.25, -0.2) is 0 Å². The van der Waals surface area contributed by atoms with Crippen molar-refractivity contribution in [1.29, 1.82) is 0 Å². The zero-order valence-corrected chi connectivity index (χ0v) is 9.40. The predicted molar refractivity (Wildman–Crippen MR) is 60.5 cm³/mol. The van der Waals surface area contributed by atoms with Crippen LogP contribution in [-0.4, -0.2) is 17.5 Å². The molecule has 2 rings (SSSR count). The smallest absolute Gasteiger partial charge is 0.165 e. The second-order valence-corrected chi connectivity index (χ2v) is 4.04. The molecule has 86 valence electrons. The van der Waals surface area contributed by atoms with E-state index in [0.717, 1.165) is 30.8 Å². The lowest BCUT2D eigenvalue weighted by molar-refractivity contribution is -0.127. The van der Waals surface area contributed by atoms with E-state index in [9.17, 15) is 9.90 Å². The highest BCUT2D eigenvalue weighted by atomic mass is 16.5. The van der Waals surface area contributed by atoms with Crippen LogP contribution in [-0.2, 0) is 11.2 Å².